The van der Waals surface area contributed by atoms with Crippen LogP contribution in [0, 0.1) is 6.92 Å². The molecule has 0 aliphatic rings. The lowest BCUT2D eigenvalue weighted by Gasteiger charge is -2.08. The number of halogens is 3. The molecular weight excluding hydrogens is 239 g/mol. The van der Waals surface area contributed by atoms with Crippen molar-refractivity contribution in [2.45, 2.75) is 13.1 Å². The average Bonchev–Trinajstić information content (AvgIpc) is 2.17. The highest BCUT2D eigenvalue weighted by molar-refractivity contribution is 5.81. The van der Waals surface area contributed by atoms with Gasteiger partial charge >= 0.3 is 17.6 Å². The van der Waals surface area contributed by atoms with Gasteiger partial charge in [0.2, 0.25) is 0 Å². The van der Waals surface area contributed by atoms with Crippen LogP contribution in [0.15, 0.2) is 26.1 Å². The van der Waals surface area contributed by atoms with Crippen LogP contribution in [-0.4, -0.2) is 4.98 Å². The molecule has 0 amide bonds. The number of H-pyrrole nitrogens is 1. The van der Waals surface area contributed by atoms with Crippen molar-refractivity contribution in [1.29, 1.82) is 0 Å². The van der Waals surface area contributed by atoms with Crippen LogP contribution < -0.4 is 11.4 Å². The topological polar surface area (TPSA) is 63.1 Å². The van der Waals surface area contributed by atoms with E-state index in [0.717, 1.165) is 6.07 Å². The molecule has 90 valence electrons. The number of fused-ring (bicyclic) bond motifs is 1. The molecule has 1 heterocycles. The largest absolute Gasteiger partial charge is 0.419 e. The van der Waals surface area contributed by atoms with Gasteiger partial charge < -0.3 is 4.42 Å². The standard InChI is InChI=1S/C10H6F3NO3/c1-4-2-5(10(11,12)13)3-6-7(4)14-9(16)17-8(6)15/h2-3H,1H3,(H,14,16). The zero-order valence-electron chi connectivity index (χ0n) is 8.51. The van der Waals surface area contributed by atoms with Gasteiger partial charge in [-0.15, -0.1) is 0 Å². The lowest BCUT2D eigenvalue weighted by Crippen LogP contribution is -2.16. The summed E-state index contributed by atoms with van der Waals surface area (Å²) in [6.45, 7) is 1.37. The molecule has 4 nitrogen and oxygen atoms in total. The Balaban J connectivity index is 2.92. The average molecular weight is 245 g/mol. The first-order valence-corrected chi connectivity index (χ1v) is 4.54. The van der Waals surface area contributed by atoms with Crippen LogP contribution in [0.2, 0.25) is 0 Å². The molecule has 0 aliphatic heterocycles. The van der Waals surface area contributed by atoms with E-state index in [9.17, 15) is 22.8 Å². The molecule has 0 radical (unpaired) electrons. The van der Waals surface area contributed by atoms with E-state index in [0.29, 0.717) is 6.07 Å². The van der Waals surface area contributed by atoms with Crippen LogP contribution in [0.1, 0.15) is 11.1 Å². The van der Waals surface area contributed by atoms with Crippen molar-refractivity contribution >= 4 is 10.9 Å². The van der Waals surface area contributed by atoms with Crippen LogP contribution in [0.25, 0.3) is 10.9 Å². The maximum absolute atomic E-state index is 12.5. The fraction of sp³-hybridized carbons (Fsp3) is 0.200. The number of nitrogens with one attached hydrogen (secondary N) is 1. The van der Waals surface area contributed by atoms with Crippen molar-refractivity contribution in [2.75, 3.05) is 0 Å². The number of aromatic amines is 1. The number of benzene rings is 1. The summed E-state index contributed by atoms with van der Waals surface area (Å²) in [6.07, 6.45) is -4.55. The fourth-order valence-corrected chi connectivity index (χ4v) is 1.54. The summed E-state index contributed by atoms with van der Waals surface area (Å²) in [4.78, 5) is 24.4. The number of hydrogen-bond acceptors (Lipinski definition) is 3. The number of aryl methyl sites for hydroxylation is 1. The second kappa shape index (κ2) is 3.47. The highest BCUT2D eigenvalue weighted by atomic mass is 19.4. The third-order valence-electron chi connectivity index (χ3n) is 2.30. The van der Waals surface area contributed by atoms with E-state index < -0.39 is 23.1 Å². The molecule has 0 saturated heterocycles. The Morgan fingerprint density at radius 3 is 2.47 bits per heavy atom. The van der Waals surface area contributed by atoms with E-state index in [1.165, 1.54) is 6.92 Å². The summed E-state index contributed by atoms with van der Waals surface area (Å²) in [6, 6.07) is 1.52. The zero-order chi connectivity index (χ0) is 12.8. The summed E-state index contributed by atoms with van der Waals surface area (Å²) < 4.78 is 41.7. The van der Waals surface area contributed by atoms with E-state index in [1.54, 1.807) is 0 Å². The summed E-state index contributed by atoms with van der Waals surface area (Å²) in [7, 11) is 0. The van der Waals surface area contributed by atoms with Crippen LogP contribution in [-0.2, 0) is 6.18 Å². The van der Waals surface area contributed by atoms with Gasteiger partial charge in [0, 0.05) is 0 Å². The third-order valence-corrected chi connectivity index (χ3v) is 2.30. The summed E-state index contributed by atoms with van der Waals surface area (Å²) in [5.74, 6) is -0.995. The molecule has 0 atom stereocenters. The Bertz CT molecular complexity index is 696. The zero-order valence-corrected chi connectivity index (χ0v) is 8.51. The first-order chi connectivity index (χ1) is 7.79. The minimum absolute atomic E-state index is 0.0549. The summed E-state index contributed by atoms with van der Waals surface area (Å²) >= 11 is 0. The molecule has 17 heavy (non-hydrogen) atoms. The molecule has 1 aromatic carbocycles. The number of hydrogen-bond donors (Lipinski definition) is 1. The van der Waals surface area contributed by atoms with Gasteiger partial charge in [-0.05, 0) is 24.6 Å². The van der Waals surface area contributed by atoms with Gasteiger partial charge in [0.25, 0.3) is 0 Å². The van der Waals surface area contributed by atoms with Crippen LogP contribution in [0.3, 0.4) is 0 Å². The second-order valence-electron chi connectivity index (χ2n) is 3.52. The highest BCUT2D eigenvalue weighted by Crippen LogP contribution is 2.31. The van der Waals surface area contributed by atoms with E-state index in [1.807, 2.05) is 0 Å². The van der Waals surface area contributed by atoms with Gasteiger partial charge in [-0.3, -0.25) is 4.98 Å². The highest BCUT2D eigenvalue weighted by Gasteiger charge is 2.31. The van der Waals surface area contributed by atoms with Crippen LogP contribution >= 0.6 is 0 Å². The molecule has 0 spiro atoms. The van der Waals surface area contributed by atoms with Gasteiger partial charge in [-0.1, -0.05) is 0 Å². The lowest BCUT2D eigenvalue weighted by molar-refractivity contribution is -0.137. The van der Waals surface area contributed by atoms with E-state index >= 15 is 0 Å². The van der Waals surface area contributed by atoms with E-state index in [-0.39, 0.29) is 16.5 Å². The van der Waals surface area contributed by atoms with Crippen molar-refractivity contribution in [2.24, 2.45) is 0 Å². The summed E-state index contributed by atoms with van der Waals surface area (Å²) in [5, 5.41) is -0.295. The minimum Gasteiger partial charge on any atom is -0.372 e. The fourth-order valence-electron chi connectivity index (χ4n) is 1.54. The molecule has 1 N–H and O–H groups in total. The smallest absolute Gasteiger partial charge is 0.372 e. The minimum atomic E-state index is -4.55. The Labute approximate surface area is 91.7 Å². The molecule has 7 heteroatoms. The van der Waals surface area contributed by atoms with Gasteiger partial charge in [0.05, 0.1) is 16.5 Å². The first kappa shape index (κ1) is 11.4. The maximum atomic E-state index is 12.5. The van der Waals surface area contributed by atoms with Crippen LogP contribution in [0.4, 0.5) is 13.2 Å². The van der Waals surface area contributed by atoms with E-state index in [2.05, 4.69) is 9.40 Å². The van der Waals surface area contributed by atoms with Crippen molar-refractivity contribution in [1.82, 2.24) is 4.98 Å². The summed E-state index contributed by atoms with van der Waals surface area (Å²) in [5.41, 5.74) is -1.83. The lowest BCUT2D eigenvalue weighted by atomic mass is 10.1. The molecule has 0 bridgehead atoms. The van der Waals surface area contributed by atoms with Gasteiger partial charge in [0.1, 0.15) is 0 Å². The molecule has 0 saturated carbocycles. The number of alkyl halides is 3. The monoisotopic (exact) mass is 245 g/mol. The molecular formula is C10H6F3NO3. The maximum Gasteiger partial charge on any atom is 0.419 e. The van der Waals surface area contributed by atoms with Crippen molar-refractivity contribution in [3.05, 3.63) is 44.2 Å². The molecule has 0 unspecified atom stereocenters. The Morgan fingerprint density at radius 2 is 1.88 bits per heavy atom. The van der Waals surface area contributed by atoms with Gasteiger partial charge in [0.15, 0.2) is 0 Å². The van der Waals surface area contributed by atoms with Gasteiger partial charge in [-0.25, -0.2) is 9.59 Å². The molecule has 1 aromatic heterocycles. The Hall–Kier alpha value is -2.05. The number of aromatic nitrogens is 1. The predicted molar refractivity (Wildman–Crippen MR) is 52.8 cm³/mol. The quantitative estimate of drug-likeness (QED) is 0.769. The van der Waals surface area contributed by atoms with Crippen LogP contribution in [0.5, 0.6) is 0 Å². The second-order valence-corrected chi connectivity index (χ2v) is 3.52. The molecule has 0 aliphatic carbocycles. The Morgan fingerprint density at radius 1 is 1.24 bits per heavy atom. The molecule has 2 rings (SSSR count). The number of rotatable bonds is 0. The Kier molecular flexibility index (Phi) is 2.34. The predicted octanol–water partition coefficient (Wildman–Crippen LogP) is 1.81. The van der Waals surface area contributed by atoms with Crippen molar-refractivity contribution in [3.8, 4) is 0 Å². The van der Waals surface area contributed by atoms with E-state index in [4.69, 9.17) is 0 Å². The normalized spacial score (nSPS) is 12.0. The van der Waals surface area contributed by atoms with Gasteiger partial charge in [-0.2, -0.15) is 13.2 Å². The molecule has 2 aromatic rings. The molecule has 0 fully saturated rings. The SMILES string of the molecule is Cc1cc(C(F)(F)F)cc2c(=O)oc(=O)[nH]c12. The first-order valence-electron chi connectivity index (χ1n) is 4.54. The van der Waals surface area contributed by atoms with Crippen molar-refractivity contribution < 1.29 is 17.6 Å². The third kappa shape index (κ3) is 1.95. The van der Waals surface area contributed by atoms with Crippen molar-refractivity contribution in [3.63, 3.8) is 0 Å².